The van der Waals surface area contributed by atoms with Crippen LogP contribution >= 0.6 is 0 Å². The second kappa shape index (κ2) is 5.61. The highest BCUT2D eigenvalue weighted by Crippen LogP contribution is 2.19. The Morgan fingerprint density at radius 3 is 2.15 bits per heavy atom. The molecule has 0 aromatic carbocycles. The highest BCUT2D eigenvalue weighted by atomic mass is 16.5. The molecule has 1 N–H and O–H groups in total. The smallest absolute Gasteiger partial charge is 0.0637 e. The molecular formula is C11H25NO. The van der Waals surface area contributed by atoms with Crippen molar-refractivity contribution >= 4 is 0 Å². The summed E-state index contributed by atoms with van der Waals surface area (Å²) < 4.78 is 5.42. The maximum atomic E-state index is 5.42. The normalized spacial score (nSPS) is 15.0. The third kappa shape index (κ3) is 5.27. The summed E-state index contributed by atoms with van der Waals surface area (Å²) in [5, 5.41) is 3.49. The van der Waals surface area contributed by atoms with Crippen molar-refractivity contribution < 1.29 is 4.74 Å². The first-order valence-electron chi connectivity index (χ1n) is 5.21. The van der Waals surface area contributed by atoms with Crippen LogP contribution < -0.4 is 5.32 Å². The summed E-state index contributed by atoms with van der Waals surface area (Å²) in [6, 6.07) is 0.556. The largest absolute Gasteiger partial charge is 0.379 e. The lowest BCUT2D eigenvalue weighted by Gasteiger charge is -2.31. The van der Waals surface area contributed by atoms with Crippen LogP contribution in [-0.2, 0) is 4.74 Å². The van der Waals surface area contributed by atoms with Gasteiger partial charge >= 0.3 is 0 Å². The molecular weight excluding hydrogens is 162 g/mol. The van der Waals surface area contributed by atoms with E-state index in [4.69, 9.17) is 4.74 Å². The van der Waals surface area contributed by atoms with Gasteiger partial charge in [-0.15, -0.1) is 0 Å². The van der Waals surface area contributed by atoms with Gasteiger partial charge in [-0.1, -0.05) is 20.8 Å². The number of nitrogens with one attached hydrogen (secondary N) is 1. The van der Waals surface area contributed by atoms with Gasteiger partial charge in [-0.25, -0.2) is 0 Å². The topological polar surface area (TPSA) is 21.3 Å². The van der Waals surface area contributed by atoms with Crippen LogP contribution in [0.15, 0.2) is 0 Å². The van der Waals surface area contributed by atoms with Crippen LogP contribution in [0, 0.1) is 5.92 Å². The predicted molar refractivity (Wildman–Crippen MR) is 58.0 cm³/mol. The van der Waals surface area contributed by atoms with E-state index in [-0.39, 0.29) is 5.60 Å². The molecule has 0 saturated heterocycles. The molecule has 0 aromatic heterocycles. The maximum Gasteiger partial charge on any atom is 0.0637 e. The van der Waals surface area contributed by atoms with E-state index in [1.165, 1.54) is 0 Å². The van der Waals surface area contributed by atoms with E-state index in [0.29, 0.717) is 12.0 Å². The van der Waals surface area contributed by atoms with Gasteiger partial charge < -0.3 is 10.1 Å². The summed E-state index contributed by atoms with van der Waals surface area (Å²) in [6.07, 6.45) is 1.06. The van der Waals surface area contributed by atoms with Crippen molar-refractivity contribution in [3.63, 3.8) is 0 Å². The lowest BCUT2D eigenvalue weighted by Crippen LogP contribution is -2.40. The highest BCUT2D eigenvalue weighted by Gasteiger charge is 2.23. The highest BCUT2D eigenvalue weighted by molar-refractivity contribution is 4.79. The van der Waals surface area contributed by atoms with Gasteiger partial charge in [0.2, 0.25) is 0 Å². The molecule has 2 nitrogen and oxygen atoms in total. The number of ether oxygens (including phenoxy) is 1. The molecule has 2 heteroatoms. The summed E-state index contributed by atoms with van der Waals surface area (Å²) >= 11 is 0. The lowest BCUT2D eigenvalue weighted by molar-refractivity contribution is 0.00312. The van der Waals surface area contributed by atoms with Crippen molar-refractivity contribution in [2.45, 2.75) is 52.7 Å². The van der Waals surface area contributed by atoms with Crippen molar-refractivity contribution in [2.24, 2.45) is 5.92 Å². The lowest BCUT2D eigenvalue weighted by atomic mass is 9.91. The zero-order chi connectivity index (χ0) is 10.5. The third-order valence-corrected chi connectivity index (χ3v) is 2.54. The minimum Gasteiger partial charge on any atom is -0.379 e. The third-order valence-electron chi connectivity index (χ3n) is 2.54. The van der Waals surface area contributed by atoms with E-state index < -0.39 is 0 Å². The van der Waals surface area contributed by atoms with Crippen LogP contribution in [0.1, 0.15) is 41.0 Å². The number of methoxy groups -OCH3 is 1. The van der Waals surface area contributed by atoms with E-state index in [9.17, 15) is 0 Å². The summed E-state index contributed by atoms with van der Waals surface area (Å²) in [4.78, 5) is 0. The Morgan fingerprint density at radius 2 is 1.85 bits per heavy atom. The number of hydrogen-bond donors (Lipinski definition) is 1. The Labute approximate surface area is 83.1 Å². The first-order valence-corrected chi connectivity index (χ1v) is 5.21. The van der Waals surface area contributed by atoms with Crippen molar-refractivity contribution in [3.05, 3.63) is 0 Å². The zero-order valence-corrected chi connectivity index (χ0v) is 9.98. The summed E-state index contributed by atoms with van der Waals surface area (Å²) in [7, 11) is 1.78. The molecule has 0 spiro atoms. The van der Waals surface area contributed by atoms with Crippen LogP contribution in [0.3, 0.4) is 0 Å². The van der Waals surface area contributed by atoms with Crippen molar-refractivity contribution in [1.82, 2.24) is 5.32 Å². The summed E-state index contributed by atoms with van der Waals surface area (Å²) in [6.45, 7) is 12.0. The Kier molecular flexibility index (Phi) is 5.57. The van der Waals surface area contributed by atoms with Gasteiger partial charge in [0.05, 0.1) is 5.60 Å². The van der Waals surface area contributed by atoms with Crippen LogP contribution in [0.2, 0.25) is 0 Å². The van der Waals surface area contributed by atoms with E-state index in [2.05, 4.69) is 39.9 Å². The molecule has 0 heterocycles. The standard InChI is InChI=1S/C11H25NO/c1-7-12-10(9(2)3)8-11(4,5)13-6/h9-10,12H,7-8H2,1-6H3. The molecule has 1 atom stereocenters. The monoisotopic (exact) mass is 187 g/mol. The fourth-order valence-electron chi connectivity index (χ4n) is 1.42. The Balaban J connectivity index is 4.08. The molecule has 0 aliphatic heterocycles. The molecule has 0 aromatic rings. The van der Waals surface area contributed by atoms with Crippen LogP contribution in [0.5, 0.6) is 0 Å². The SMILES string of the molecule is CCNC(CC(C)(C)OC)C(C)C. The average Bonchev–Trinajstić information content (AvgIpc) is 2.03. The Hall–Kier alpha value is -0.0800. The van der Waals surface area contributed by atoms with Gasteiger partial charge in [-0.3, -0.25) is 0 Å². The second-order valence-corrected chi connectivity index (χ2v) is 4.58. The van der Waals surface area contributed by atoms with E-state index >= 15 is 0 Å². The molecule has 1 unspecified atom stereocenters. The predicted octanol–water partition coefficient (Wildman–Crippen LogP) is 2.44. The quantitative estimate of drug-likeness (QED) is 0.689. The number of hydrogen-bond acceptors (Lipinski definition) is 2. The van der Waals surface area contributed by atoms with Crippen LogP contribution in [0.4, 0.5) is 0 Å². The van der Waals surface area contributed by atoms with Crippen molar-refractivity contribution in [1.29, 1.82) is 0 Å². The minimum absolute atomic E-state index is 0.0168. The number of rotatable bonds is 6. The van der Waals surface area contributed by atoms with Crippen molar-refractivity contribution in [3.8, 4) is 0 Å². The fraction of sp³-hybridized carbons (Fsp3) is 1.00. The molecule has 0 saturated carbocycles. The molecule has 0 amide bonds. The first-order chi connectivity index (χ1) is 5.93. The van der Waals surface area contributed by atoms with Gasteiger partial charge in [0.25, 0.3) is 0 Å². The van der Waals surface area contributed by atoms with E-state index in [1.807, 2.05) is 0 Å². The summed E-state index contributed by atoms with van der Waals surface area (Å²) in [5.41, 5.74) is -0.0168. The van der Waals surface area contributed by atoms with Gasteiger partial charge in [0, 0.05) is 13.2 Å². The van der Waals surface area contributed by atoms with Gasteiger partial charge in [-0.2, -0.15) is 0 Å². The molecule has 80 valence electrons. The average molecular weight is 187 g/mol. The maximum absolute atomic E-state index is 5.42. The fourth-order valence-corrected chi connectivity index (χ4v) is 1.42. The molecule has 0 fully saturated rings. The van der Waals surface area contributed by atoms with E-state index in [1.54, 1.807) is 7.11 Å². The van der Waals surface area contributed by atoms with Crippen LogP contribution in [0.25, 0.3) is 0 Å². The summed E-state index contributed by atoms with van der Waals surface area (Å²) in [5.74, 6) is 0.661. The van der Waals surface area contributed by atoms with Gasteiger partial charge in [-0.05, 0) is 32.7 Å². The molecule has 0 rings (SSSR count). The molecule has 13 heavy (non-hydrogen) atoms. The minimum atomic E-state index is -0.0168. The Bertz CT molecular complexity index is 132. The molecule has 0 aliphatic carbocycles. The zero-order valence-electron chi connectivity index (χ0n) is 9.98. The molecule has 0 radical (unpaired) electrons. The van der Waals surface area contributed by atoms with Crippen molar-refractivity contribution in [2.75, 3.05) is 13.7 Å². The molecule has 0 aliphatic rings. The van der Waals surface area contributed by atoms with Crippen LogP contribution in [-0.4, -0.2) is 25.3 Å². The Morgan fingerprint density at radius 1 is 1.31 bits per heavy atom. The van der Waals surface area contributed by atoms with Gasteiger partial charge in [0.1, 0.15) is 0 Å². The molecule has 0 bridgehead atoms. The second-order valence-electron chi connectivity index (χ2n) is 4.58. The first kappa shape index (κ1) is 12.9. The van der Waals surface area contributed by atoms with E-state index in [0.717, 1.165) is 13.0 Å². The van der Waals surface area contributed by atoms with Gasteiger partial charge in [0.15, 0.2) is 0 Å².